The molecule has 0 atom stereocenters. The third-order valence-corrected chi connectivity index (χ3v) is 6.34. The van der Waals surface area contributed by atoms with E-state index in [1.807, 2.05) is 30.3 Å². The topological polar surface area (TPSA) is 160 Å². The number of carbonyl (C=O) groups excluding carboxylic acids is 4. The molecule has 39 heavy (non-hydrogen) atoms. The fraction of sp³-hybridized carbons (Fsp3) is 0.615. The summed E-state index contributed by atoms with van der Waals surface area (Å²) >= 11 is 0. The summed E-state index contributed by atoms with van der Waals surface area (Å²) in [6, 6.07) is 9.43. The maximum absolute atomic E-state index is 12.1. The van der Waals surface area contributed by atoms with Crippen LogP contribution in [0, 0.1) is 36.9 Å². The number of carboxylic acids is 3. The molecule has 1 fully saturated rings. The molecule has 0 amide bonds. The van der Waals surface area contributed by atoms with Gasteiger partial charge in [-0.25, -0.2) is 0 Å². The molecule has 0 bridgehead atoms. The molecule has 0 unspecified atom stereocenters. The van der Waals surface area contributed by atoms with Crippen molar-refractivity contribution < 1.29 is 76.1 Å². The van der Waals surface area contributed by atoms with Gasteiger partial charge in [0.15, 0.2) is 0 Å². The average molecular weight is 703 g/mol. The Bertz CT molecular complexity index is 860. The van der Waals surface area contributed by atoms with Crippen LogP contribution in [0.25, 0.3) is 0 Å². The number of hydrogen-bond donors (Lipinski definition) is 0. The second-order valence-corrected chi connectivity index (χ2v) is 9.39. The Balaban J connectivity index is 0.00000760. The zero-order valence-electron chi connectivity index (χ0n) is 22.0. The summed E-state index contributed by atoms with van der Waals surface area (Å²) < 4.78 is 5.31. The minimum Gasteiger partial charge on any atom is -0.549 e. The Morgan fingerprint density at radius 3 is 1.46 bits per heavy atom. The van der Waals surface area contributed by atoms with Crippen molar-refractivity contribution in [2.45, 2.75) is 25.9 Å². The maximum Gasteiger partial charge on any atom is 3.00 e. The van der Waals surface area contributed by atoms with Crippen LogP contribution in [0.2, 0.25) is 0 Å². The van der Waals surface area contributed by atoms with Crippen molar-refractivity contribution in [3.8, 4) is 0 Å². The van der Waals surface area contributed by atoms with E-state index in [1.54, 1.807) is 14.7 Å². The minimum absolute atomic E-state index is 0. The molecule has 1 aromatic carbocycles. The van der Waals surface area contributed by atoms with Gasteiger partial charge in [0.1, 0.15) is 6.61 Å². The van der Waals surface area contributed by atoms with Crippen LogP contribution in [0.15, 0.2) is 30.3 Å². The summed E-state index contributed by atoms with van der Waals surface area (Å²) in [6.07, 6.45) is 1.61. The molecule has 222 valence electrons. The number of rotatable bonds is 13. The molecule has 13 heteroatoms. The Morgan fingerprint density at radius 2 is 1.05 bits per heavy atom. The summed E-state index contributed by atoms with van der Waals surface area (Å²) in [5.74, 6) is -3.97. The van der Waals surface area contributed by atoms with Crippen molar-refractivity contribution in [3.63, 3.8) is 0 Å². The fourth-order valence-electron chi connectivity index (χ4n) is 4.24. The molecule has 1 heterocycles. The summed E-state index contributed by atoms with van der Waals surface area (Å²) in [6.45, 7) is 3.02. The van der Waals surface area contributed by atoms with Gasteiger partial charge in [0.05, 0.1) is 17.9 Å². The smallest absolute Gasteiger partial charge is 0.549 e. The molecule has 0 aromatic heterocycles. The second-order valence-electron chi connectivity index (χ2n) is 9.39. The number of carboxylic acid groups (broad SMARTS) is 3. The van der Waals surface area contributed by atoms with Gasteiger partial charge in [0.25, 0.3) is 0 Å². The molecule has 0 N–H and O–H groups in total. The van der Waals surface area contributed by atoms with Crippen molar-refractivity contribution in [3.05, 3.63) is 35.9 Å². The van der Waals surface area contributed by atoms with Crippen LogP contribution in [-0.2, 0) is 30.5 Å². The molecular formula is C26H37N4O8Tm. The van der Waals surface area contributed by atoms with Crippen molar-refractivity contribution in [2.24, 2.45) is 0 Å². The largest absolute Gasteiger partial charge is 3.00 e. The van der Waals surface area contributed by atoms with E-state index in [0.717, 1.165) is 5.56 Å². The molecule has 0 aliphatic carbocycles. The van der Waals surface area contributed by atoms with Crippen LogP contribution in [0.3, 0.4) is 0 Å². The van der Waals surface area contributed by atoms with Gasteiger partial charge in [-0.1, -0.05) is 30.3 Å². The first-order chi connectivity index (χ1) is 18.2. The summed E-state index contributed by atoms with van der Waals surface area (Å²) in [5, 5.41) is 33.7. The van der Waals surface area contributed by atoms with Crippen molar-refractivity contribution in [1.82, 2.24) is 19.6 Å². The monoisotopic (exact) mass is 702 g/mol. The first-order valence-electron chi connectivity index (χ1n) is 12.9. The van der Waals surface area contributed by atoms with Crippen LogP contribution in [0.5, 0.6) is 0 Å². The van der Waals surface area contributed by atoms with Gasteiger partial charge in [-0.05, 0) is 24.9 Å². The van der Waals surface area contributed by atoms with Crippen molar-refractivity contribution >= 4 is 23.9 Å². The summed E-state index contributed by atoms with van der Waals surface area (Å²) in [5.41, 5.74) is 0.921. The SMILES string of the molecule is O=C([O-])CN1CCN(CCCCC(=O)OCc2ccccc2)CCN(CC(=O)[O-])CCN(CC(=O)[O-])CC1.[Tm+3]. The predicted molar refractivity (Wildman–Crippen MR) is 131 cm³/mol. The number of ether oxygens (including phenoxy) is 1. The first-order valence-corrected chi connectivity index (χ1v) is 12.9. The van der Waals surface area contributed by atoms with E-state index in [4.69, 9.17) is 4.74 Å². The van der Waals surface area contributed by atoms with Crippen LogP contribution >= 0.6 is 0 Å². The predicted octanol–water partition coefficient (Wildman–Crippen LogP) is -3.63. The van der Waals surface area contributed by atoms with E-state index in [9.17, 15) is 34.5 Å². The van der Waals surface area contributed by atoms with Gasteiger partial charge in [-0.2, -0.15) is 0 Å². The van der Waals surface area contributed by atoms with Crippen molar-refractivity contribution in [1.29, 1.82) is 0 Å². The quantitative estimate of drug-likeness (QED) is 0.147. The van der Waals surface area contributed by atoms with E-state index in [-0.39, 0.29) is 88.6 Å². The number of unbranched alkanes of at least 4 members (excludes halogenated alkanes) is 1. The van der Waals surface area contributed by atoms with E-state index >= 15 is 0 Å². The molecule has 12 nitrogen and oxygen atoms in total. The molecule has 0 radical (unpaired) electrons. The second kappa shape index (κ2) is 20.1. The normalized spacial score (nSPS) is 16.8. The van der Waals surface area contributed by atoms with Gasteiger partial charge in [-0.15, -0.1) is 0 Å². The Hall–Kier alpha value is -1.83. The van der Waals surface area contributed by atoms with Crippen LogP contribution < -0.4 is 15.3 Å². The molecule has 1 aliphatic rings. The third kappa shape index (κ3) is 16.8. The Labute approximate surface area is 258 Å². The van der Waals surface area contributed by atoms with Gasteiger partial charge in [0, 0.05) is 78.4 Å². The number of benzene rings is 1. The van der Waals surface area contributed by atoms with Gasteiger partial charge in [-0.3, -0.25) is 19.5 Å². The number of hydrogen-bond acceptors (Lipinski definition) is 12. The van der Waals surface area contributed by atoms with E-state index in [0.29, 0.717) is 58.7 Å². The molecular weight excluding hydrogens is 665 g/mol. The van der Waals surface area contributed by atoms with Gasteiger partial charge >= 0.3 is 42.8 Å². The standard InChI is InChI=1S/C26H40N4O8.Tm/c31-23(32)18-28-12-10-27(9-5-4-8-26(37)38-21-22-6-2-1-3-7-22)11-13-29(19-24(33)34)15-17-30(16-14-28)20-25(35)36;/h1-3,6-7H,4-5,8-21H2,(H,31,32)(H,33,34)(H,35,36);/q;+3/p-3. The van der Waals surface area contributed by atoms with Gasteiger partial charge in [0.2, 0.25) is 0 Å². The third-order valence-electron chi connectivity index (χ3n) is 6.34. The molecule has 1 saturated heterocycles. The molecule has 1 aliphatic heterocycles. The van der Waals surface area contributed by atoms with Crippen LogP contribution in [0.1, 0.15) is 24.8 Å². The average Bonchev–Trinajstić information content (AvgIpc) is 2.86. The van der Waals surface area contributed by atoms with Gasteiger partial charge < -0.3 is 39.3 Å². The molecule has 1 aromatic rings. The van der Waals surface area contributed by atoms with E-state index < -0.39 is 17.9 Å². The van der Waals surface area contributed by atoms with Crippen LogP contribution in [0.4, 0.5) is 0 Å². The Morgan fingerprint density at radius 1 is 0.641 bits per heavy atom. The number of aliphatic carboxylic acids is 3. The molecule has 2 rings (SSSR count). The molecule has 0 saturated carbocycles. The maximum atomic E-state index is 12.1. The van der Waals surface area contributed by atoms with E-state index in [1.165, 1.54) is 0 Å². The minimum atomic E-state index is -1.26. The number of esters is 1. The Kier molecular flexibility index (Phi) is 18.2. The number of carbonyl (C=O) groups is 4. The summed E-state index contributed by atoms with van der Waals surface area (Å²) in [7, 11) is 0. The van der Waals surface area contributed by atoms with Crippen LogP contribution in [-0.4, -0.2) is 122 Å². The zero-order valence-corrected chi connectivity index (χ0v) is 23.8. The zero-order chi connectivity index (χ0) is 27.8. The summed E-state index contributed by atoms with van der Waals surface area (Å²) in [4.78, 5) is 52.9. The van der Waals surface area contributed by atoms with Crippen molar-refractivity contribution in [2.75, 3.05) is 78.5 Å². The van der Waals surface area contributed by atoms with E-state index in [2.05, 4.69) is 4.90 Å². The fourth-order valence-corrected chi connectivity index (χ4v) is 4.24. The molecule has 0 spiro atoms. The first kappa shape index (κ1) is 35.2. The number of nitrogens with zero attached hydrogens (tertiary/aromatic N) is 4.